The van der Waals surface area contributed by atoms with Gasteiger partial charge in [0, 0.05) is 25.4 Å². The van der Waals surface area contributed by atoms with Crippen LogP contribution in [0.2, 0.25) is 5.15 Å². The van der Waals surface area contributed by atoms with Crippen LogP contribution in [0, 0.1) is 0 Å². The summed E-state index contributed by atoms with van der Waals surface area (Å²) in [5, 5.41) is 0.408. The summed E-state index contributed by atoms with van der Waals surface area (Å²) in [6.07, 6.45) is 2.95. The Bertz CT molecular complexity index is 1340. The predicted molar refractivity (Wildman–Crippen MR) is 137 cm³/mol. The van der Waals surface area contributed by atoms with Gasteiger partial charge in [0.1, 0.15) is 29.2 Å². The van der Waals surface area contributed by atoms with E-state index in [0.717, 1.165) is 34.6 Å². The first-order chi connectivity index (χ1) is 17.0. The molecule has 3 heterocycles. The summed E-state index contributed by atoms with van der Waals surface area (Å²) >= 11 is 6.02. The van der Waals surface area contributed by atoms with E-state index < -0.39 is 6.10 Å². The normalized spacial score (nSPS) is 17.1. The lowest BCUT2D eigenvalue weighted by Gasteiger charge is -2.33. The molecule has 9 heteroatoms. The fraction of sp³-hybridized carbons (Fsp3) is 0.269. The summed E-state index contributed by atoms with van der Waals surface area (Å²) in [7, 11) is 3.59. The molecule has 2 N–H and O–H groups in total. The van der Waals surface area contributed by atoms with Crippen LogP contribution in [-0.2, 0) is 4.74 Å². The quantitative estimate of drug-likeness (QED) is 0.422. The Labute approximate surface area is 209 Å². The number of aromatic nitrogens is 4. The van der Waals surface area contributed by atoms with Crippen molar-refractivity contribution >= 4 is 23.4 Å². The zero-order valence-corrected chi connectivity index (χ0v) is 20.6. The minimum Gasteiger partial charge on any atom is -0.495 e. The minimum atomic E-state index is -0.430. The Hall–Kier alpha value is -3.62. The minimum absolute atomic E-state index is 0.0500. The molecule has 0 saturated carbocycles. The number of benzene rings is 2. The average Bonchev–Trinajstić information content (AvgIpc) is 3.33. The summed E-state index contributed by atoms with van der Waals surface area (Å²) < 4.78 is 14.0. The number of fused-ring (bicyclic) bond motifs is 1. The Kier molecular flexibility index (Phi) is 6.32. The molecule has 8 nitrogen and oxygen atoms in total. The van der Waals surface area contributed by atoms with E-state index in [2.05, 4.69) is 29.0 Å². The van der Waals surface area contributed by atoms with E-state index in [0.29, 0.717) is 29.3 Å². The Morgan fingerprint density at radius 3 is 2.66 bits per heavy atom. The van der Waals surface area contributed by atoms with E-state index in [1.54, 1.807) is 19.6 Å². The van der Waals surface area contributed by atoms with Gasteiger partial charge in [-0.15, -0.1) is 0 Å². The van der Waals surface area contributed by atoms with Crippen LogP contribution in [0.15, 0.2) is 61.1 Å². The van der Waals surface area contributed by atoms with Crippen molar-refractivity contribution in [1.29, 1.82) is 0 Å². The Morgan fingerprint density at radius 1 is 1.17 bits per heavy atom. The van der Waals surface area contributed by atoms with Crippen LogP contribution >= 0.6 is 11.6 Å². The van der Waals surface area contributed by atoms with Gasteiger partial charge in [0.25, 0.3) is 0 Å². The van der Waals surface area contributed by atoms with Crippen molar-refractivity contribution in [3.8, 4) is 11.4 Å². The number of nitrogen functional groups attached to an aromatic ring is 1. The van der Waals surface area contributed by atoms with Crippen LogP contribution in [0.5, 0.6) is 5.75 Å². The Balaban J connectivity index is 1.62. The maximum atomic E-state index is 6.58. The van der Waals surface area contributed by atoms with E-state index in [4.69, 9.17) is 31.8 Å². The van der Waals surface area contributed by atoms with Crippen molar-refractivity contribution in [3.05, 3.63) is 88.6 Å². The first-order valence-corrected chi connectivity index (χ1v) is 11.8. The third kappa shape index (κ3) is 4.31. The number of nitrogens with two attached hydrogens (primary N) is 1. The summed E-state index contributed by atoms with van der Waals surface area (Å²) in [4.78, 5) is 15.7. The highest BCUT2D eigenvalue weighted by atomic mass is 35.5. The molecule has 2 aromatic heterocycles. The van der Waals surface area contributed by atoms with Crippen molar-refractivity contribution in [2.75, 3.05) is 37.9 Å². The van der Waals surface area contributed by atoms with Gasteiger partial charge >= 0.3 is 0 Å². The van der Waals surface area contributed by atoms with Crippen molar-refractivity contribution in [1.82, 2.24) is 19.5 Å². The van der Waals surface area contributed by atoms with Crippen LogP contribution in [0.1, 0.15) is 41.3 Å². The largest absolute Gasteiger partial charge is 0.495 e. The second kappa shape index (κ2) is 9.56. The molecule has 0 amide bonds. The fourth-order valence-corrected chi connectivity index (χ4v) is 4.55. The molecule has 2 unspecified atom stereocenters. The Morgan fingerprint density at radius 2 is 1.97 bits per heavy atom. The molecule has 35 heavy (non-hydrogen) atoms. The van der Waals surface area contributed by atoms with Gasteiger partial charge in [-0.25, -0.2) is 9.97 Å². The molecule has 5 rings (SSSR count). The molecule has 180 valence electrons. The van der Waals surface area contributed by atoms with Crippen molar-refractivity contribution in [2.45, 2.75) is 18.9 Å². The predicted octanol–water partition coefficient (Wildman–Crippen LogP) is 4.61. The standard InChI is InChI=1S/C26H27ClN6O2/c1-4-32(2)26-30-23-18(16-8-6-5-7-9-16)14-35-24(22(23)25(28)31-26)17-10-11-19(20(12-17)34-3)33-13-21(27)29-15-33/h5-13,15,18,24H,4,14H2,1-3H3,(H2,28,30,31). The average molecular weight is 491 g/mol. The van der Waals surface area contributed by atoms with Gasteiger partial charge in [0.05, 0.1) is 31.0 Å². The van der Waals surface area contributed by atoms with Gasteiger partial charge in [-0.2, -0.15) is 4.98 Å². The molecule has 2 atom stereocenters. The molecule has 0 saturated heterocycles. The molecule has 0 fully saturated rings. The van der Waals surface area contributed by atoms with Crippen LogP contribution in [0.25, 0.3) is 5.69 Å². The fourth-order valence-electron chi connectivity index (χ4n) is 4.40. The van der Waals surface area contributed by atoms with Crippen LogP contribution in [0.3, 0.4) is 0 Å². The number of methoxy groups -OCH3 is 1. The summed E-state index contributed by atoms with van der Waals surface area (Å²) in [5.74, 6) is 1.63. The third-order valence-corrected chi connectivity index (χ3v) is 6.56. The van der Waals surface area contributed by atoms with Gasteiger partial charge in [0.2, 0.25) is 5.95 Å². The van der Waals surface area contributed by atoms with E-state index >= 15 is 0 Å². The SMILES string of the molecule is CCN(C)c1nc(N)c2c(n1)C(c1ccccc1)COC2c1ccc(-n2cnc(Cl)c2)c(OC)c1. The highest BCUT2D eigenvalue weighted by Crippen LogP contribution is 2.43. The number of nitrogens with zero attached hydrogens (tertiary/aromatic N) is 5. The van der Waals surface area contributed by atoms with E-state index in [1.807, 2.05) is 52.9 Å². The molecule has 0 bridgehead atoms. The number of hydrogen-bond donors (Lipinski definition) is 1. The van der Waals surface area contributed by atoms with Crippen LogP contribution in [0.4, 0.5) is 11.8 Å². The van der Waals surface area contributed by atoms with Crippen molar-refractivity contribution in [3.63, 3.8) is 0 Å². The smallest absolute Gasteiger partial charge is 0.227 e. The number of rotatable bonds is 6. The third-order valence-electron chi connectivity index (χ3n) is 6.37. The van der Waals surface area contributed by atoms with E-state index in [9.17, 15) is 0 Å². The molecule has 1 aliphatic heterocycles. The second-order valence-electron chi connectivity index (χ2n) is 8.43. The first kappa shape index (κ1) is 23.1. The number of hydrogen-bond acceptors (Lipinski definition) is 7. The maximum absolute atomic E-state index is 6.58. The molecule has 0 radical (unpaired) electrons. The van der Waals surface area contributed by atoms with Crippen LogP contribution in [-0.4, -0.2) is 46.8 Å². The van der Waals surface area contributed by atoms with Crippen molar-refractivity contribution < 1.29 is 9.47 Å². The maximum Gasteiger partial charge on any atom is 0.227 e. The van der Waals surface area contributed by atoms with Gasteiger partial charge in [0.15, 0.2) is 0 Å². The lowest BCUT2D eigenvalue weighted by atomic mass is 9.87. The molecular weight excluding hydrogens is 464 g/mol. The lowest BCUT2D eigenvalue weighted by Crippen LogP contribution is -2.28. The van der Waals surface area contributed by atoms with Gasteiger partial charge < -0.3 is 24.7 Å². The van der Waals surface area contributed by atoms with E-state index in [1.165, 1.54) is 0 Å². The molecule has 0 spiro atoms. The summed E-state index contributed by atoms with van der Waals surface area (Å²) in [5.41, 5.74) is 11.1. The zero-order chi connectivity index (χ0) is 24.5. The number of anilines is 2. The molecule has 1 aliphatic rings. The summed E-state index contributed by atoms with van der Waals surface area (Å²) in [6.45, 7) is 3.29. The molecule has 2 aromatic carbocycles. The topological polar surface area (TPSA) is 91.3 Å². The monoisotopic (exact) mass is 490 g/mol. The highest BCUT2D eigenvalue weighted by molar-refractivity contribution is 6.29. The first-order valence-electron chi connectivity index (χ1n) is 11.4. The zero-order valence-electron chi connectivity index (χ0n) is 19.9. The summed E-state index contributed by atoms with van der Waals surface area (Å²) in [6, 6.07) is 16.1. The van der Waals surface area contributed by atoms with E-state index in [-0.39, 0.29) is 5.92 Å². The van der Waals surface area contributed by atoms with Gasteiger partial charge in [-0.1, -0.05) is 48.0 Å². The number of imidazole rings is 1. The molecule has 0 aliphatic carbocycles. The highest BCUT2D eigenvalue weighted by Gasteiger charge is 2.35. The number of ether oxygens (including phenoxy) is 2. The molecular formula is C26H27ClN6O2. The second-order valence-corrected chi connectivity index (χ2v) is 8.82. The van der Waals surface area contributed by atoms with Gasteiger partial charge in [-0.05, 0) is 30.2 Å². The number of halogens is 1. The van der Waals surface area contributed by atoms with Crippen molar-refractivity contribution in [2.24, 2.45) is 0 Å². The van der Waals surface area contributed by atoms with Crippen LogP contribution < -0.4 is 15.4 Å². The molecule has 4 aromatic rings. The lowest BCUT2D eigenvalue weighted by molar-refractivity contribution is 0.0589. The van der Waals surface area contributed by atoms with Gasteiger partial charge in [-0.3, -0.25) is 0 Å².